The molecule has 1 amide bonds. The number of aryl methyl sites for hydroxylation is 2. The Morgan fingerprint density at radius 3 is 2.80 bits per heavy atom. The van der Waals surface area contributed by atoms with E-state index < -0.39 is 0 Å². The second-order valence-electron chi connectivity index (χ2n) is 5.99. The zero-order valence-electron chi connectivity index (χ0n) is 14.2. The van der Waals surface area contributed by atoms with E-state index in [9.17, 15) is 4.79 Å². The van der Waals surface area contributed by atoms with E-state index in [-0.39, 0.29) is 5.91 Å². The van der Waals surface area contributed by atoms with Gasteiger partial charge in [-0.2, -0.15) is 4.99 Å². The number of amides is 1. The van der Waals surface area contributed by atoms with Crippen LogP contribution in [0, 0.1) is 19.3 Å². The summed E-state index contributed by atoms with van der Waals surface area (Å²) in [6.07, 6.45) is 7.62. The number of nitrogens with zero attached hydrogens (tertiary/aromatic N) is 2. The second kappa shape index (κ2) is 7.96. The average molecular weight is 348 g/mol. The predicted molar refractivity (Wildman–Crippen MR) is 103 cm³/mol. The standard InChI is InChI=1S/C21H20N2OS/c1-3-14-23-18-13-12-16(2)15-19(18)25-21(23)22-20(24)11-7-10-17-8-5-4-6-9-17/h1,4-6,8-9,12-13,15H,7,10-11,14H2,2H3. The molecular formula is C21H20N2OS. The summed E-state index contributed by atoms with van der Waals surface area (Å²) < 4.78 is 3.04. The van der Waals surface area contributed by atoms with Gasteiger partial charge in [0.25, 0.3) is 0 Å². The summed E-state index contributed by atoms with van der Waals surface area (Å²) in [5, 5.41) is 0. The van der Waals surface area contributed by atoms with Gasteiger partial charge in [0, 0.05) is 6.42 Å². The Morgan fingerprint density at radius 2 is 2.04 bits per heavy atom. The normalized spacial score (nSPS) is 11.6. The van der Waals surface area contributed by atoms with E-state index in [0.717, 1.165) is 23.1 Å². The molecule has 4 heteroatoms. The predicted octanol–water partition coefficient (Wildman–Crippen LogP) is 4.09. The van der Waals surface area contributed by atoms with E-state index in [4.69, 9.17) is 6.42 Å². The topological polar surface area (TPSA) is 34.4 Å². The Morgan fingerprint density at radius 1 is 1.24 bits per heavy atom. The Labute approximate surface area is 151 Å². The number of carbonyl (C=O) groups is 1. The van der Waals surface area contributed by atoms with Gasteiger partial charge in [-0.25, -0.2) is 0 Å². The minimum Gasteiger partial charge on any atom is -0.305 e. The highest BCUT2D eigenvalue weighted by Crippen LogP contribution is 2.19. The first-order chi connectivity index (χ1) is 12.2. The number of rotatable bonds is 5. The number of benzene rings is 2. The molecule has 0 aliphatic rings. The van der Waals surface area contributed by atoms with E-state index in [1.165, 1.54) is 22.5 Å². The molecule has 2 aromatic carbocycles. The summed E-state index contributed by atoms with van der Waals surface area (Å²) >= 11 is 1.52. The van der Waals surface area contributed by atoms with Crippen molar-refractivity contribution >= 4 is 27.5 Å². The lowest BCUT2D eigenvalue weighted by molar-refractivity contribution is -0.118. The first-order valence-electron chi connectivity index (χ1n) is 8.32. The molecule has 3 nitrogen and oxygen atoms in total. The molecule has 0 N–H and O–H groups in total. The van der Waals surface area contributed by atoms with Crippen molar-refractivity contribution in [3.8, 4) is 12.3 Å². The van der Waals surface area contributed by atoms with Crippen LogP contribution in [0.3, 0.4) is 0 Å². The molecule has 3 aromatic rings. The third-order valence-electron chi connectivity index (χ3n) is 4.01. The lowest BCUT2D eigenvalue weighted by atomic mass is 10.1. The SMILES string of the molecule is C#CCn1c(=NC(=O)CCCc2ccccc2)sc2cc(C)ccc21. The number of fused-ring (bicyclic) bond motifs is 1. The minimum atomic E-state index is -0.0926. The molecule has 3 rings (SSSR count). The van der Waals surface area contributed by atoms with Crippen molar-refractivity contribution in [2.75, 3.05) is 0 Å². The summed E-state index contributed by atoms with van der Waals surface area (Å²) in [6, 6.07) is 16.4. The highest BCUT2D eigenvalue weighted by atomic mass is 32.1. The number of thiazole rings is 1. The number of hydrogen-bond acceptors (Lipinski definition) is 2. The summed E-state index contributed by atoms with van der Waals surface area (Å²) in [6.45, 7) is 2.47. The van der Waals surface area contributed by atoms with Crippen LogP contribution in [0.25, 0.3) is 10.2 Å². The highest BCUT2D eigenvalue weighted by molar-refractivity contribution is 7.16. The van der Waals surface area contributed by atoms with Crippen LogP contribution in [0.4, 0.5) is 0 Å². The third-order valence-corrected chi connectivity index (χ3v) is 5.05. The molecule has 0 aliphatic heterocycles. The largest absolute Gasteiger partial charge is 0.305 e. The van der Waals surface area contributed by atoms with E-state index >= 15 is 0 Å². The molecule has 1 aromatic heterocycles. The molecule has 1 heterocycles. The first kappa shape index (κ1) is 17.2. The van der Waals surface area contributed by atoms with Gasteiger partial charge in [-0.15, -0.1) is 6.42 Å². The molecule has 0 saturated heterocycles. The fraction of sp³-hybridized carbons (Fsp3) is 0.238. The van der Waals surface area contributed by atoms with Crippen LogP contribution in [0.15, 0.2) is 53.5 Å². The maximum absolute atomic E-state index is 12.3. The Bertz CT molecular complexity index is 990. The van der Waals surface area contributed by atoms with Gasteiger partial charge in [0.15, 0.2) is 4.80 Å². The average Bonchev–Trinajstić information content (AvgIpc) is 2.92. The smallest absolute Gasteiger partial charge is 0.248 e. The van der Waals surface area contributed by atoms with E-state index in [1.807, 2.05) is 34.9 Å². The van der Waals surface area contributed by atoms with E-state index in [2.05, 4.69) is 36.0 Å². The van der Waals surface area contributed by atoms with Crippen LogP contribution in [-0.4, -0.2) is 10.5 Å². The molecule has 0 saturated carbocycles. The Balaban J connectivity index is 1.78. The summed E-state index contributed by atoms with van der Waals surface area (Å²) in [5.74, 6) is 2.56. The zero-order chi connectivity index (χ0) is 17.6. The van der Waals surface area contributed by atoms with Crippen molar-refractivity contribution in [3.05, 3.63) is 64.5 Å². The van der Waals surface area contributed by atoms with Gasteiger partial charge in [0.05, 0.1) is 16.8 Å². The first-order valence-corrected chi connectivity index (χ1v) is 9.14. The number of carbonyl (C=O) groups excluding carboxylic acids is 1. The summed E-state index contributed by atoms with van der Waals surface area (Å²) in [4.78, 5) is 17.3. The summed E-state index contributed by atoms with van der Waals surface area (Å²) in [5.41, 5.74) is 3.46. The molecule has 0 radical (unpaired) electrons. The number of hydrogen-bond donors (Lipinski definition) is 0. The quantitative estimate of drug-likeness (QED) is 0.639. The van der Waals surface area contributed by atoms with Gasteiger partial charge in [0.2, 0.25) is 5.91 Å². The third kappa shape index (κ3) is 4.26. The van der Waals surface area contributed by atoms with Crippen LogP contribution in [-0.2, 0) is 17.8 Å². The molecule has 25 heavy (non-hydrogen) atoms. The minimum absolute atomic E-state index is 0.0926. The van der Waals surface area contributed by atoms with Crippen molar-refractivity contribution in [3.63, 3.8) is 0 Å². The monoisotopic (exact) mass is 348 g/mol. The van der Waals surface area contributed by atoms with Crippen molar-refractivity contribution < 1.29 is 4.79 Å². The molecule has 0 spiro atoms. The van der Waals surface area contributed by atoms with E-state index in [0.29, 0.717) is 17.8 Å². The molecule has 0 atom stereocenters. The van der Waals surface area contributed by atoms with Crippen LogP contribution in [0.2, 0.25) is 0 Å². The second-order valence-corrected chi connectivity index (χ2v) is 7.00. The van der Waals surface area contributed by atoms with Gasteiger partial charge >= 0.3 is 0 Å². The fourth-order valence-electron chi connectivity index (χ4n) is 2.76. The van der Waals surface area contributed by atoms with Crippen LogP contribution >= 0.6 is 11.3 Å². The summed E-state index contributed by atoms with van der Waals surface area (Å²) in [7, 11) is 0. The number of terminal acetylenes is 1. The zero-order valence-corrected chi connectivity index (χ0v) is 15.1. The van der Waals surface area contributed by atoms with Crippen LogP contribution in [0.5, 0.6) is 0 Å². The maximum Gasteiger partial charge on any atom is 0.248 e. The van der Waals surface area contributed by atoms with Gasteiger partial charge in [-0.1, -0.05) is 53.7 Å². The Hall–Kier alpha value is -2.64. The van der Waals surface area contributed by atoms with Crippen molar-refractivity contribution in [1.82, 2.24) is 4.57 Å². The number of aromatic nitrogens is 1. The molecule has 126 valence electrons. The van der Waals surface area contributed by atoms with Crippen molar-refractivity contribution in [1.29, 1.82) is 0 Å². The fourth-order valence-corrected chi connectivity index (χ4v) is 3.91. The maximum atomic E-state index is 12.3. The lowest BCUT2D eigenvalue weighted by Crippen LogP contribution is -2.16. The van der Waals surface area contributed by atoms with Crippen LogP contribution in [0.1, 0.15) is 24.0 Å². The molecule has 0 bridgehead atoms. The van der Waals surface area contributed by atoms with Gasteiger partial charge < -0.3 is 4.57 Å². The van der Waals surface area contributed by atoms with Gasteiger partial charge in [-0.3, -0.25) is 4.79 Å². The van der Waals surface area contributed by atoms with Gasteiger partial charge in [-0.05, 0) is 43.0 Å². The van der Waals surface area contributed by atoms with Gasteiger partial charge in [0.1, 0.15) is 0 Å². The van der Waals surface area contributed by atoms with E-state index in [1.54, 1.807) is 0 Å². The molecular weight excluding hydrogens is 328 g/mol. The lowest BCUT2D eigenvalue weighted by Gasteiger charge is -2.00. The van der Waals surface area contributed by atoms with Crippen LogP contribution < -0.4 is 4.80 Å². The molecule has 0 unspecified atom stereocenters. The highest BCUT2D eigenvalue weighted by Gasteiger charge is 2.07. The molecule has 0 fully saturated rings. The Kier molecular flexibility index (Phi) is 5.47. The van der Waals surface area contributed by atoms with Crippen molar-refractivity contribution in [2.24, 2.45) is 4.99 Å². The van der Waals surface area contributed by atoms with Crippen molar-refractivity contribution in [2.45, 2.75) is 32.7 Å². The molecule has 0 aliphatic carbocycles.